The van der Waals surface area contributed by atoms with Gasteiger partial charge in [0.25, 0.3) is 0 Å². The summed E-state index contributed by atoms with van der Waals surface area (Å²) >= 11 is 0. The standard InChI is InChI=1S/C88H60N6/c1-54-35-39-80-71(44-54)67-27-5-9-31-76(67)91(80)63-23-13-18-58(48-63)84-75(52-89)85(59-19-14-24-64(49-59)92-77-32-10-6-28-68(77)72-45-55(2)36-40-81(72)92)88(62-22-17-43-90-53-62)87(61-21-16-26-66(51-61)94-79-34-12-8-30-70(79)74-47-57(4)38-42-83(74)94)86(84)60-20-15-25-65(50-60)93-78-33-11-7-29-69(78)73-46-56(3)37-41-82(73)93/h5-51,53H,1-4H3. The van der Waals surface area contributed by atoms with Crippen LogP contribution in [-0.4, -0.2) is 23.3 Å². The summed E-state index contributed by atoms with van der Waals surface area (Å²) in [6, 6.07) is 105. The molecule has 0 aliphatic heterocycles. The van der Waals surface area contributed by atoms with Gasteiger partial charge in [0.15, 0.2) is 0 Å². The smallest absolute Gasteiger partial charge is 0.100 e. The average molecular weight is 1200 g/mol. The van der Waals surface area contributed by atoms with Crippen LogP contribution < -0.4 is 0 Å². The summed E-state index contributed by atoms with van der Waals surface area (Å²) in [6.07, 6.45) is 3.82. The van der Waals surface area contributed by atoms with Crippen LogP contribution in [0.15, 0.2) is 291 Å². The Morgan fingerprint density at radius 3 is 0.840 bits per heavy atom. The highest BCUT2D eigenvalue weighted by molar-refractivity contribution is 6.15. The highest BCUT2D eigenvalue weighted by atomic mass is 15.0. The third-order valence-electron chi connectivity index (χ3n) is 19.4. The first-order valence-electron chi connectivity index (χ1n) is 32.2. The van der Waals surface area contributed by atoms with Gasteiger partial charge in [0.1, 0.15) is 6.07 Å². The first-order valence-corrected chi connectivity index (χ1v) is 32.2. The minimum Gasteiger partial charge on any atom is -0.309 e. The minimum absolute atomic E-state index is 0.550. The van der Waals surface area contributed by atoms with Crippen molar-refractivity contribution in [3.05, 3.63) is 319 Å². The third-order valence-corrected chi connectivity index (χ3v) is 19.4. The number of pyridine rings is 1. The second kappa shape index (κ2) is 21.4. The second-order valence-electron chi connectivity index (χ2n) is 25.3. The Morgan fingerprint density at radius 2 is 0.532 bits per heavy atom. The Hall–Kier alpha value is -12.3. The molecular weight excluding hydrogens is 1140 g/mol. The number of hydrogen-bond donors (Lipinski definition) is 0. The summed E-state index contributed by atoms with van der Waals surface area (Å²) in [4.78, 5) is 4.95. The Labute approximate surface area is 544 Å². The molecule has 0 spiro atoms. The molecule has 13 aromatic carbocycles. The topological polar surface area (TPSA) is 56.4 Å². The van der Waals surface area contributed by atoms with Crippen molar-refractivity contribution in [2.45, 2.75) is 27.7 Å². The van der Waals surface area contributed by atoms with E-state index in [2.05, 4.69) is 325 Å². The Bertz CT molecular complexity index is 6240. The molecule has 0 unspecified atom stereocenters. The van der Waals surface area contributed by atoms with Gasteiger partial charge in [-0.05, 0) is 188 Å². The van der Waals surface area contributed by atoms with Crippen molar-refractivity contribution in [1.82, 2.24) is 23.3 Å². The maximum atomic E-state index is 12.8. The summed E-state index contributed by atoms with van der Waals surface area (Å²) in [6.45, 7) is 8.66. The van der Waals surface area contributed by atoms with Crippen LogP contribution in [0.1, 0.15) is 27.8 Å². The number of hydrogen-bond acceptors (Lipinski definition) is 2. The molecule has 0 aliphatic carbocycles. The van der Waals surface area contributed by atoms with Crippen LogP contribution in [-0.2, 0) is 0 Å². The molecule has 6 nitrogen and oxygen atoms in total. The van der Waals surface area contributed by atoms with Gasteiger partial charge in [-0.3, -0.25) is 4.98 Å². The molecule has 0 amide bonds. The van der Waals surface area contributed by atoms with Crippen molar-refractivity contribution in [2.75, 3.05) is 0 Å². The van der Waals surface area contributed by atoms with E-state index in [4.69, 9.17) is 4.98 Å². The van der Waals surface area contributed by atoms with Crippen LogP contribution in [0.25, 0.3) is 166 Å². The van der Waals surface area contributed by atoms with Crippen LogP contribution in [0.5, 0.6) is 0 Å². The van der Waals surface area contributed by atoms with Gasteiger partial charge in [0, 0.05) is 100 Å². The molecule has 18 aromatic rings. The molecule has 0 aliphatic rings. The molecule has 0 atom stereocenters. The highest BCUT2D eigenvalue weighted by Gasteiger charge is 2.31. The second-order valence-corrected chi connectivity index (χ2v) is 25.3. The van der Waals surface area contributed by atoms with Gasteiger partial charge in [0.2, 0.25) is 0 Å². The zero-order chi connectivity index (χ0) is 62.9. The predicted octanol–water partition coefficient (Wildman–Crippen LogP) is 22.9. The molecule has 5 aromatic heterocycles. The van der Waals surface area contributed by atoms with Crippen molar-refractivity contribution in [3.8, 4) is 84.5 Å². The van der Waals surface area contributed by atoms with Crippen molar-refractivity contribution >= 4 is 87.2 Å². The number of nitriles is 1. The fraction of sp³-hybridized carbons (Fsp3) is 0.0455. The van der Waals surface area contributed by atoms with Crippen LogP contribution >= 0.6 is 0 Å². The lowest BCUT2D eigenvalue weighted by molar-refractivity contribution is 1.18. The number of nitrogens with zero attached hydrogens (tertiary/aromatic N) is 6. The summed E-state index contributed by atoms with van der Waals surface area (Å²) in [5.74, 6) is 0. The molecule has 0 fully saturated rings. The van der Waals surface area contributed by atoms with Gasteiger partial charge in [-0.1, -0.05) is 174 Å². The number of rotatable bonds is 9. The van der Waals surface area contributed by atoms with E-state index in [0.717, 1.165) is 123 Å². The Balaban J connectivity index is 1.01. The van der Waals surface area contributed by atoms with Crippen LogP contribution in [0.2, 0.25) is 0 Å². The van der Waals surface area contributed by atoms with Gasteiger partial charge < -0.3 is 18.3 Å². The lowest BCUT2D eigenvalue weighted by Gasteiger charge is -2.27. The molecule has 442 valence electrons. The Kier molecular flexibility index (Phi) is 12.4. The zero-order valence-electron chi connectivity index (χ0n) is 52.4. The zero-order valence-corrected chi connectivity index (χ0v) is 52.4. The Morgan fingerprint density at radius 1 is 0.255 bits per heavy atom. The SMILES string of the molecule is Cc1ccc2c(c1)c1ccccc1n2-c1cccc(-c2c(C#N)c(-c3cccc(-n4c5ccccc5c5cc(C)ccc54)c3)c(-c3cccc(-n4c5ccccc5c5cc(C)ccc54)c3)c(-c3cccc(-n4c5ccccc5c5cc(C)ccc54)c3)c2-c2cccnc2)c1. The molecule has 0 saturated carbocycles. The number of aromatic nitrogens is 5. The fourth-order valence-electron chi connectivity index (χ4n) is 15.5. The normalized spacial score (nSPS) is 11.8. The summed E-state index contributed by atoms with van der Waals surface area (Å²) in [5, 5.41) is 22.4. The van der Waals surface area contributed by atoms with Crippen molar-refractivity contribution in [2.24, 2.45) is 0 Å². The van der Waals surface area contributed by atoms with Gasteiger partial charge in [-0.15, -0.1) is 0 Å². The van der Waals surface area contributed by atoms with Crippen LogP contribution in [0.3, 0.4) is 0 Å². The minimum atomic E-state index is 0.550. The van der Waals surface area contributed by atoms with E-state index in [1.165, 1.54) is 65.3 Å². The number of para-hydroxylation sites is 4. The van der Waals surface area contributed by atoms with Gasteiger partial charge in [-0.25, -0.2) is 0 Å². The highest BCUT2D eigenvalue weighted by Crippen LogP contribution is 2.54. The molecule has 0 N–H and O–H groups in total. The van der Waals surface area contributed by atoms with Crippen LogP contribution in [0.4, 0.5) is 0 Å². The number of aryl methyl sites for hydroxylation is 4. The lowest BCUT2D eigenvalue weighted by Crippen LogP contribution is -2.04. The molecule has 18 rings (SSSR count). The lowest BCUT2D eigenvalue weighted by atomic mass is 9.76. The van der Waals surface area contributed by atoms with E-state index in [1.807, 2.05) is 18.5 Å². The molecule has 94 heavy (non-hydrogen) atoms. The van der Waals surface area contributed by atoms with E-state index >= 15 is 0 Å². The van der Waals surface area contributed by atoms with Gasteiger partial charge in [-0.2, -0.15) is 5.26 Å². The van der Waals surface area contributed by atoms with Crippen molar-refractivity contribution in [3.63, 3.8) is 0 Å². The predicted molar refractivity (Wildman–Crippen MR) is 392 cm³/mol. The van der Waals surface area contributed by atoms with Crippen molar-refractivity contribution < 1.29 is 0 Å². The molecule has 0 saturated heterocycles. The molecule has 5 heterocycles. The summed E-state index contributed by atoms with van der Waals surface area (Å²) in [5.41, 5.74) is 27.4. The third kappa shape index (κ3) is 8.45. The average Bonchev–Trinajstić information content (AvgIpc) is 0.792. The van der Waals surface area contributed by atoms with Crippen molar-refractivity contribution in [1.29, 1.82) is 5.26 Å². The fourth-order valence-corrected chi connectivity index (χ4v) is 15.5. The summed E-state index contributed by atoms with van der Waals surface area (Å²) in [7, 11) is 0. The molecule has 6 heteroatoms. The van der Waals surface area contributed by atoms with E-state index in [-0.39, 0.29) is 0 Å². The van der Waals surface area contributed by atoms with Gasteiger partial charge >= 0.3 is 0 Å². The van der Waals surface area contributed by atoms with Gasteiger partial charge in [0.05, 0.1) is 49.7 Å². The molecule has 0 radical (unpaired) electrons. The first-order chi connectivity index (χ1) is 46.2. The number of fused-ring (bicyclic) bond motifs is 12. The van der Waals surface area contributed by atoms with Crippen LogP contribution in [0, 0.1) is 39.0 Å². The quantitative estimate of drug-likeness (QED) is 0.145. The van der Waals surface area contributed by atoms with E-state index in [9.17, 15) is 5.26 Å². The number of benzene rings is 13. The molecular formula is C88H60N6. The summed E-state index contributed by atoms with van der Waals surface area (Å²) < 4.78 is 9.60. The van der Waals surface area contributed by atoms with E-state index in [1.54, 1.807) is 0 Å². The maximum Gasteiger partial charge on any atom is 0.100 e. The largest absolute Gasteiger partial charge is 0.309 e. The van der Waals surface area contributed by atoms with E-state index in [0.29, 0.717) is 5.56 Å². The molecule has 0 bridgehead atoms. The van der Waals surface area contributed by atoms with E-state index < -0.39 is 0 Å². The first kappa shape index (κ1) is 54.6. The maximum absolute atomic E-state index is 12.8. The monoisotopic (exact) mass is 1200 g/mol.